The monoisotopic (exact) mass is 651 g/mol. The van der Waals surface area contributed by atoms with Gasteiger partial charge >= 0.3 is 0 Å². The number of carbonyl (C=O) groups excluding carboxylic acids is 2. The maximum Gasteiger partial charge on any atom is 0.264 e. The highest BCUT2D eigenvalue weighted by Gasteiger charge is 2.35. The number of anilines is 1. The summed E-state index contributed by atoms with van der Waals surface area (Å²) in [4.78, 5) is 29.5. The van der Waals surface area contributed by atoms with Gasteiger partial charge in [-0.25, -0.2) is 8.42 Å². The van der Waals surface area contributed by atoms with E-state index < -0.39 is 28.5 Å². The van der Waals surface area contributed by atoms with Crippen molar-refractivity contribution in [1.29, 1.82) is 0 Å². The lowest BCUT2D eigenvalue weighted by Gasteiger charge is -2.34. The first-order valence-electron chi connectivity index (χ1n) is 14.2. The number of likely N-dealkylation sites (N-methyl/N-ethyl adjacent to an activating group) is 1. The Morgan fingerprint density at radius 2 is 1.45 bits per heavy atom. The summed E-state index contributed by atoms with van der Waals surface area (Å²) < 4.78 is 29.4. The van der Waals surface area contributed by atoms with Gasteiger partial charge in [0.25, 0.3) is 10.0 Å². The van der Waals surface area contributed by atoms with E-state index in [0.717, 1.165) is 15.4 Å². The lowest BCUT2D eigenvalue weighted by atomic mass is 10.0. The van der Waals surface area contributed by atoms with Crippen LogP contribution in [0.2, 0.25) is 10.0 Å². The van der Waals surface area contributed by atoms with Crippen LogP contribution in [0, 0.1) is 13.8 Å². The topological polar surface area (TPSA) is 86.8 Å². The minimum atomic E-state index is -4.19. The van der Waals surface area contributed by atoms with Crippen molar-refractivity contribution in [2.75, 3.05) is 17.4 Å². The summed E-state index contributed by atoms with van der Waals surface area (Å²) >= 11 is 13.1. The molecule has 44 heavy (non-hydrogen) atoms. The Labute approximate surface area is 269 Å². The Hall–Kier alpha value is -3.85. The molecule has 0 aliphatic carbocycles. The third-order valence-electron chi connectivity index (χ3n) is 7.24. The molecule has 230 valence electrons. The summed E-state index contributed by atoms with van der Waals surface area (Å²) in [5.74, 6) is -0.968. The van der Waals surface area contributed by atoms with Gasteiger partial charge in [-0.15, -0.1) is 0 Å². The van der Waals surface area contributed by atoms with E-state index in [1.165, 1.54) is 17.0 Å². The van der Waals surface area contributed by atoms with E-state index in [4.69, 9.17) is 23.2 Å². The van der Waals surface area contributed by atoms with E-state index >= 15 is 0 Å². The second-order valence-corrected chi connectivity index (χ2v) is 13.1. The predicted molar refractivity (Wildman–Crippen MR) is 177 cm³/mol. The van der Waals surface area contributed by atoms with Gasteiger partial charge in [-0.2, -0.15) is 0 Å². The number of carbonyl (C=O) groups is 2. The summed E-state index contributed by atoms with van der Waals surface area (Å²) in [5, 5.41) is 3.50. The molecule has 0 saturated carbocycles. The molecule has 4 rings (SSSR count). The van der Waals surface area contributed by atoms with Crippen LogP contribution in [0.15, 0.2) is 102 Å². The molecular weight excluding hydrogens is 617 g/mol. The fraction of sp³-hybridized carbons (Fsp3) is 0.235. The van der Waals surface area contributed by atoms with E-state index in [0.29, 0.717) is 33.4 Å². The number of sulfonamides is 1. The fourth-order valence-electron chi connectivity index (χ4n) is 5.02. The zero-order valence-electron chi connectivity index (χ0n) is 24.8. The number of aryl methyl sites for hydroxylation is 2. The summed E-state index contributed by atoms with van der Waals surface area (Å²) in [6.45, 7) is 5.17. The van der Waals surface area contributed by atoms with E-state index in [1.54, 1.807) is 62.4 Å². The molecule has 0 aliphatic heterocycles. The lowest BCUT2D eigenvalue weighted by molar-refractivity contribution is -0.140. The lowest BCUT2D eigenvalue weighted by Crippen LogP contribution is -2.53. The third-order valence-corrected chi connectivity index (χ3v) is 9.73. The zero-order chi connectivity index (χ0) is 31.9. The van der Waals surface area contributed by atoms with E-state index in [9.17, 15) is 18.0 Å². The second kappa shape index (κ2) is 14.8. The van der Waals surface area contributed by atoms with Crippen molar-refractivity contribution in [2.24, 2.45) is 0 Å². The van der Waals surface area contributed by atoms with Gasteiger partial charge in [-0.05, 0) is 62.2 Å². The quantitative estimate of drug-likeness (QED) is 0.187. The van der Waals surface area contributed by atoms with Crippen LogP contribution in [0.3, 0.4) is 0 Å². The first kappa shape index (κ1) is 33.1. The molecule has 1 N–H and O–H groups in total. The van der Waals surface area contributed by atoms with Crippen molar-refractivity contribution in [3.05, 3.63) is 129 Å². The maximum absolute atomic E-state index is 14.5. The van der Waals surface area contributed by atoms with Crippen molar-refractivity contribution < 1.29 is 18.0 Å². The summed E-state index contributed by atoms with van der Waals surface area (Å²) in [6.07, 6.45) is 0.190. The molecule has 0 fully saturated rings. The number of nitrogens with zero attached hydrogens (tertiary/aromatic N) is 2. The van der Waals surface area contributed by atoms with Crippen LogP contribution in [0.25, 0.3) is 0 Å². The van der Waals surface area contributed by atoms with Gasteiger partial charge in [0.2, 0.25) is 11.8 Å². The molecular formula is C34H35Cl2N3O4S. The fourth-order valence-corrected chi connectivity index (χ4v) is 7.03. The molecule has 0 bridgehead atoms. The number of rotatable bonds is 12. The van der Waals surface area contributed by atoms with Crippen molar-refractivity contribution in [3.63, 3.8) is 0 Å². The minimum absolute atomic E-state index is 0.0398. The minimum Gasteiger partial charge on any atom is -0.355 e. The SMILES string of the molecule is CCNC(=O)C(Cc1ccccc1)N(Cc1c(Cl)cccc1Cl)C(=O)CN(c1ccc(C)cc1C)S(=O)(=O)c1ccccc1. The van der Waals surface area contributed by atoms with Gasteiger partial charge in [-0.3, -0.25) is 13.9 Å². The molecule has 1 atom stereocenters. The summed E-state index contributed by atoms with van der Waals surface area (Å²) in [7, 11) is -4.19. The highest BCUT2D eigenvalue weighted by Crippen LogP contribution is 2.30. The zero-order valence-corrected chi connectivity index (χ0v) is 27.2. The van der Waals surface area contributed by atoms with Crippen LogP contribution in [-0.4, -0.2) is 44.3 Å². The van der Waals surface area contributed by atoms with Crippen molar-refractivity contribution in [3.8, 4) is 0 Å². The smallest absolute Gasteiger partial charge is 0.264 e. The largest absolute Gasteiger partial charge is 0.355 e. The number of halogens is 2. The second-order valence-electron chi connectivity index (χ2n) is 10.4. The van der Waals surface area contributed by atoms with Gasteiger partial charge in [0.1, 0.15) is 12.6 Å². The molecule has 2 amide bonds. The molecule has 7 nitrogen and oxygen atoms in total. The average molecular weight is 653 g/mol. The number of nitrogens with one attached hydrogen (secondary N) is 1. The molecule has 0 aromatic heterocycles. The predicted octanol–water partition coefficient (Wildman–Crippen LogP) is 6.58. The third kappa shape index (κ3) is 7.80. The van der Waals surface area contributed by atoms with Gasteiger partial charge in [0, 0.05) is 35.1 Å². The van der Waals surface area contributed by atoms with Crippen molar-refractivity contribution in [2.45, 2.75) is 44.7 Å². The Kier molecular flexibility index (Phi) is 11.1. The number of hydrogen-bond acceptors (Lipinski definition) is 4. The highest BCUT2D eigenvalue weighted by molar-refractivity contribution is 7.92. The molecule has 0 aliphatic rings. The Balaban J connectivity index is 1.85. The average Bonchev–Trinajstić information content (AvgIpc) is 3.00. The number of benzene rings is 4. The molecule has 0 spiro atoms. The first-order chi connectivity index (χ1) is 21.0. The first-order valence-corrected chi connectivity index (χ1v) is 16.4. The molecule has 4 aromatic rings. The van der Waals surface area contributed by atoms with Crippen LogP contribution in [-0.2, 0) is 32.6 Å². The standard InChI is InChI=1S/C34H35Cl2N3O4S/c1-4-37-34(41)32(21-26-12-7-5-8-13-26)38(22-28-29(35)16-11-17-30(28)36)33(40)23-39(31-19-18-24(2)20-25(31)3)44(42,43)27-14-9-6-10-15-27/h5-20,32H,4,21-23H2,1-3H3,(H,37,41). The van der Waals surface area contributed by atoms with Crippen LogP contribution < -0.4 is 9.62 Å². The van der Waals surface area contributed by atoms with Crippen LogP contribution in [0.4, 0.5) is 5.69 Å². The molecule has 4 aromatic carbocycles. The Morgan fingerprint density at radius 3 is 2.05 bits per heavy atom. The van der Waals surface area contributed by atoms with Crippen LogP contribution in [0.5, 0.6) is 0 Å². The number of amides is 2. The summed E-state index contributed by atoms with van der Waals surface area (Å²) in [5.41, 5.74) is 3.28. The van der Waals surface area contributed by atoms with E-state index in [-0.39, 0.29) is 23.8 Å². The molecule has 0 heterocycles. The van der Waals surface area contributed by atoms with Crippen molar-refractivity contribution in [1.82, 2.24) is 10.2 Å². The van der Waals surface area contributed by atoms with E-state index in [2.05, 4.69) is 5.32 Å². The van der Waals surface area contributed by atoms with Gasteiger partial charge < -0.3 is 10.2 Å². The summed E-state index contributed by atoms with van der Waals surface area (Å²) in [6, 6.07) is 26.7. The number of hydrogen-bond donors (Lipinski definition) is 1. The van der Waals surface area contributed by atoms with Gasteiger partial charge in [0.15, 0.2) is 0 Å². The molecule has 10 heteroatoms. The molecule has 1 unspecified atom stereocenters. The highest BCUT2D eigenvalue weighted by atomic mass is 35.5. The van der Waals surface area contributed by atoms with Crippen LogP contribution in [0.1, 0.15) is 29.2 Å². The van der Waals surface area contributed by atoms with Crippen molar-refractivity contribution >= 4 is 50.7 Å². The Bertz CT molecular complexity index is 1700. The Morgan fingerprint density at radius 1 is 0.841 bits per heavy atom. The van der Waals surface area contributed by atoms with Gasteiger partial charge in [-0.1, -0.05) is 95.5 Å². The normalized spacial score (nSPS) is 11.9. The van der Waals surface area contributed by atoms with Crippen LogP contribution >= 0.6 is 23.2 Å². The molecule has 0 radical (unpaired) electrons. The van der Waals surface area contributed by atoms with Gasteiger partial charge in [0.05, 0.1) is 10.6 Å². The maximum atomic E-state index is 14.5. The molecule has 0 saturated heterocycles. The van der Waals surface area contributed by atoms with E-state index in [1.807, 2.05) is 43.3 Å².